The third-order valence-corrected chi connectivity index (χ3v) is 3.54. The largest absolute Gasteiger partial charge is 0.289 e. The summed E-state index contributed by atoms with van der Waals surface area (Å²) in [5, 5.41) is 10.6. The monoisotopic (exact) mass is 307 g/mol. The van der Waals surface area contributed by atoms with Crippen LogP contribution in [-0.2, 0) is 0 Å². The molecular formula is C17H9NO5. The predicted molar refractivity (Wildman–Crippen MR) is 80.6 cm³/mol. The standard InChI is InChI=1S/C17H9NO5/c19-15-9-14(17(21)13-4-2-1-3-12(13)15)16(20)10-5-7-11(8-6-10)18(22)23/h1-9H. The van der Waals surface area contributed by atoms with E-state index in [0.717, 1.165) is 6.08 Å². The van der Waals surface area contributed by atoms with Gasteiger partial charge in [-0.25, -0.2) is 0 Å². The quantitative estimate of drug-likeness (QED) is 0.376. The summed E-state index contributed by atoms with van der Waals surface area (Å²) >= 11 is 0. The van der Waals surface area contributed by atoms with Crippen LogP contribution in [0.4, 0.5) is 5.69 Å². The van der Waals surface area contributed by atoms with E-state index < -0.39 is 22.3 Å². The summed E-state index contributed by atoms with van der Waals surface area (Å²) in [5.74, 6) is -1.57. The third kappa shape index (κ3) is 2.46. The molecule has 0 saturated carbocycles. The molecule has 2 aromatic rings. The van der Waals surface area contributed by atoms with E-state index in [9.17, 15) is 24.5 Å². The summed E-state index contributed by atoms with van der Waals surface area (Å²) in [7, 11) is 0. The predicted octanol–water partition coefficient (Wildman–Crippen LogP) is 2.78. The lowest BCUT2D eigenvalue weighted by Crippen LogP contribution is -2.22. The molecule has 0 unspecified atom stereocenters. The molecule has 23 heavy (non-hydrogen) atoms. The molecule has 0 bridgehead atoms. The number of carbonyl (C=O) groups excluding carboxylic acids is 3. The fraction of sp³-hybridized carbons (Fsp3) is 0. The van der Waals surface area contributed by atoms with Crippen molar-refractivity contribution in [2.75, 3.05) is 0 Å². The smallest absolute Gasteiger partial charge is 0.269 e. The van der Waals surface area contributed by atoms with Crippen molar-refractivity contribution in [3.63, 3.8) is 0 Å². The van der Waals surface area contributed by atoms with Gasteiger partial charge in [-0.2, -0.15) is 0 Å². The summed E-state index contributed by atoms with van der Waals surface area (Å²) < 4.78 is 0. The summed E-state index contributed by atoms with van der Waals surface area (Å²) in [6.45, 7) is 0. The molecule has 0 aromatic heterocycles. The van der Waals surface area contributed by atoms with Crippen LogP contribution in [0.5, 0.6) is 0 Å². The van der Waals surface area contributed by atoms with Gasteiger partial charge < -0.3 is 0 Å². The highest BCUT2D eigenvalue weighted by molar-refractivity contribution is 6.37. The molecule has 0 amide bonds. The first kappa shape index (κ1) is 14.5. The van der Waals surface area contributed by atoms with E-state index in [4.69, 9.17) is 0 Å². The summed E-state index contributed by atoms with van der Waals surface area (Å²) in [4.78, 5) is 46.9. The van der Waals surface area contributed by atoms with E-state index in [1.54, 1.807) is 12.1 Å². The van der Waals surface area contributed by atoms with Crippen LogP contribution in [-0.4, -0.2) is 22.3 Å². The zero-order chi connectivity index (χ0) is 16.6. The average molecular weight is 307 g/mol. The van der Waals surface area contributed by atoms with Crippen molar-refractivity contribution in [1.82, 2.24) is 0 Å². The molecule has 112 valence electrons. The van der Waals surface area contributed by atoms with Gasteiger partial charge in [-0.05, 0) is 12.1 Å². The van der Waals surface area contributed by atoms with Crippen LogP contribution in [0.1, 0.15) is 31.1 Å². The number of hydrogen-bond acceptors (Lipinski definition) is 5. The number of allylic oxidation sites excluding steroid dienone is 2. The van der Waals surface area contributed by atoms with Crippen LogP contribution in [0, 0.1) is 10.1 Å². The van der Waals surface area contributed by atoms with Crippen molar-refractivity contribution in [2.45, 2.75) is 0 Å². The lowest BCUT2D eigenvalue weighted by Gasteiger charge is -2.13. The maximum Gasteiger partial charge on any atom is 0.269 e. The second-order valence-corrected chi connectivity index (χ2v) is 4.93. The van der Waals surface area contributed by atoms with E-state index in [2.05, 4.69) is 0 Å². The molecule has 0 atom stereocenters. The molecule has 0 N–H and O–H groups in total. The Bertz CT molecular complexity index is 893. The van der Waals surface area contributed by atoms with Crippen LogP contribution < -0.4 is 0 Å². The molecule has 0 spiro atoms. The van der Waals surface area contributed by atoms with Gasteiger partial charge in [-0.15, -0.1) is 0 Å². The molecule has 6 heteroatoms. The van der Waals surface area contributed by atoms with Gasteiger partial charge in [-0.3, -0.25) is 24.5 Å². The highest BCUT2D eigenvalue weighted by Gasteiger charge is 2.29. The third-order valence-electron chi connectivity index (χ3n) is 3.54. The minimum Gasteiger partial charge on any atom is -0.289 e. The van der Waals surface area contributed by atoms with E-state index >= 15 is 0 Å². The van der Waals surface area contributed by atoms with Crippen molar-refractivity contribution in [1.29, 1.82) is 0 Å². The average Bonchev–Trinajstić information content (AvgIpc) is 2.57. The SMILES string of the molecule is O=C(C1=CC(=O)c2ccccc2C1=O)c1ccc([N+](=O)[O-])cc1. The minimum absolute atomic E-state index is 0.113. The Hall–Kier alpha value is -3.41. The fourth-order valence-corrected chi connectivity index (χ4v) is 2.37. The Morgan fingerprint density at radius 2 is 1.52 bits per heavy atom. The van der Waals surface area contributed by atoms with Crippen molar-refractivity contribution in [2.24, 2.45) is 0 Å². The van der Waals surface area contributed by atoms with Crippen LogP contribution in [0.15, 0.2) is 60.2 Å². The normalized spacial score (nSPS) is 13.3. The van der Waals surface area contributed by atoms with Gasteiger partial charge in [0.05, 0.1) is 10.5 Å². The van der Waals surface area contributed by atoms with Gasteiger partial charge in [0.1, 0.15) is 0 Å². The Morgan fingerprint density at radius 1 is 0.913 bits per heavy atom. The number of benzene rings is 2. The number of Topliss-reactive ketones (excluding diaryl/α,β-unsaturated/α-hetero) is 2. The maximum absolute atomic E-state index is 12.4. The zero-order valence-electron chi connectivity index (χ0n) is 11.7. The van der Waals surface area contributed by atoms with Gasteiger partial charge >= 0.3 is 0 Å². The van der Waals surface area contributed by atoms with E-state index in [-0.39, 0.29) is 28.0 Å². The van der Waals surface area contributed by atoms with Gasteiger partial charge in [-0.1, -0.05) is 24.3 Å². The van der Waals surface area contributed by atoms with Crippen LogP contribution >= 0.6 is 0 Å². The second kappa shape index (κ2) is 5.42. The van der Waals surface area contributed by atoms with Crippen molar-refractivity contribution in [3.05, 3.63) is 87.0 Å². The lowest BCUT2D eigenvalue weighted by molar-refractivity contribution is -0.384. The Balaban J connectivity index is 1.99. The number of nitro groups is 1. The number of fused-ring (bicyclic) bond motifs is 1. The van der Waals surface area contributed by atoms with Crippen LogP contribution in [0.3, 0.4) is 0 Å². The van der Waals surface area contributed by atoms with E-state index in [0.29, 0.717) is 0 Å². The molecule has 0 fully saturated rings. The second-order valence-electron chi connectivity index (χ2n) is 4.93. The fourth-order valence-electron chi connectivity index (χ4n) is 2.37. The summed E-state index contributed by atoms with van der Waals surface area (Å²) in [6.07, 6.45) is 1.02. The first-order chi connectivity index (χ1) is 11.0. The molecule has 1 aliphatic rings. The topological polar surface area (TPSA) is 94.3 Å². The van der Waals surface area contributed by atoms with Gasteiger partial charge in [0.2, 0.25) is 0 Å². The number of hydrogen-bond donors (Lipinski definition) is 0. The van der Waals surface area contributed by atoms with E-state index in [1.165, 1.54) is 36.4 Å². The first-order valence-electron chi connectivity index (χ1n) is 6.68. The lowest BCUT2D eigenvalue weighted by atomic mass is 9.86. The number of nitrogens with zero attached hydrogens (tertiary/aromatic N) is 1. The number of ketones is 3. The molecule has 0 radical (unpaired) electrons. The zero-order valence-corrected chi connectivity index (χ0v) is 11.7. The maximum atomic E-state index is 12.4. The van der Waals surface area contributed by atoms with Gasteiger partial charge in [0.15, 0.2) is 17.3 Å². The Kier molecular flexibility index (Phi) is 3.42. The van der Waals surface area contributed by atoms with Crippen molar-refractivity contribution >= 4 is 23.0 Å². The minimum atomic E-state index is -0.632. The van der Waals surface area contributed by atoms with Gasteiger partial charge in [0, 0.05) is 34.9 Å². The highest BCUT2D eigenvalue weighted by Crippen LogP contribution is 2.24. The number of carbonyl (C=O) groups is 3. The van der Waals surface area contributed by atoms with Crippen molar-refractivity contribution < 1.29 is 19.3 Å². The Labute approximate surface area is 130 Å². The molecular weight excluding hydrogens is 298 g/mol. The van der Waals surface area contributed by atoms with Crippen LogP contribution in [0.2, 0.25) is 0 Å². The number of nitro benzene ring substituents is 1. The van der Waals surface area contributed by atoms with Gasteiger partial charge in [0.25, 0.3) is 5.69 Å². The molecule has 0 saturated heterocycles. The van der Waals surface area contributed by atoms with Crippen molar-refractivity contribution in [3.8, 4) is 0 Å². The molecule has 2 aromatic carbocycles. The number of rotatable bonds is 3. The summed E-state index contributed by atoms with van der Waals surface area (Å²) in [6, 6.07) is 11.2. The highest BCUT2D eigenvalue weighted by atomic mass is 16.6. The first-order valence-corrected chi connectivity index (χ1v) is 6.68. The molecule has 0 aliphatic heterocycles. The van der Waals surface area contributed by atoms with E-state index in [1.807, 2.05) is 0 Å². The summed E-state index contributed by atoms with van der Waals surface area (Å²) in [5.41, 5.74) is 0.167. The molecule has 0 heterocycles. The van der Waals surface area contributed by atoms with Crippen LogP contribution in [0.25, 0.3) is 0 Å². The molecule has 6 nitrogen and oxygen atoms in total. The Morgan fingerprint density at radius 3 is 2.13 bits per heavy atom. The molecule has 1 aliphatic carbocycles. The number of non-ortho nitro benzene ring substituents is 1. The molecule has 3 rings (SSSR count).